The van der Waals surface area contributed by atoms with Gasteiger partial charge in [-0.25, -0.2) is 0 Å². The molecule has 0 spiro atoms. The zero-order chi connectivity index (χ0) is 8.10. The molecule has 0 aromatic heterocycles. The van der Waals surface area contributed by atoms with Crippen molar-refractivity contribution in [2.75, 3.05) is 0 Å². The molecule has 2 nitrogen and oxygen atoms in total. The predicted molar refractivity (Wildman–Crippen MR) is 40.5 cm³/mol. The van der Waals surface area contributed by atoms with Crippen LogP contribution in [0.25, 0.3) is 6.08 Å². The van der Waals surface area contributed by atoms with E-state index >= 15 is 0 Å². The summed E-state index contributed by atoms with van der Waals surface area (Å²) in [4.78, 5) is 9.97. The second kappa shape index (κ2) is 5.77. The van der Waals surface area contributed by atoms with Gasteiger partial charge >= 0.3 is 22.4 Å². The minimum absolute atomic E-state index is 0. The third-order valence-electron chi connectivity index (χ3n) is 1.21. The van der Waals surface area contributed by atoms with Crippen LogP contribution in [0.3, 0.4) is 0 Å². The Bertz CT molecular complexity index is 267. The average molecular weight is 255 g/mol. The second-order valence-corrected chi connectivity index (χ2v) is 2.06. The largest absolute Gasteiger partial charge is 1.00 e. The molecular weight excluding hydrogens is 248 g/mol. The van der Waals surface area contributed by atoms with E-state index in [4.69, 9.17) is 0 Å². The van der Waals surface area contributed by atoms with Crippen molar-refractivity contribution >= 4 is 12.0 Å². The first-order valence-electron chi connectivity index (χ1n) is 3.23. The topological polar surface area (TPSA) is 40.1 Å². The molecule has 0 fully saturated rings. The van der Waals surface area contributed by atoms with Crippen LogP contribution in [-0.4, -0.2) is 5.97 Å². The van der Waals surface area contributed by atoms with Crippen molar-refractivity contribution < 1.29 is 32.3 Å². The molecule has 0 unspecified atom stereocenters. The Hall–Kier alpha value is -0.830. The Kier molecular flexibility index (Phi) is 5.37. The van der Waals surface area contributed by atoms with Crippen LogP contribution in [0.5, 0.6) is 0 Å². The maximum Gasteiger partial charge on any atom is 1.00 e. The molecule has 1 aromatic carbocycles. The van der Waals surface area contributed by atoms with Crippen LogP contribution in [-0.2, 0) is 27.2 Å². The van der Waals surface area contributed by atoms with Crippen molar-refractivity contribution in [1.29, 1.82) is 0 Å². The smallest absolute Gasteiger partial charge is 0.545 e. The van der Waals surface area contributed by atoms with Gasteiger partial charge in [-0.3, -0.25) is 0 Å². The molecular formula is C9H7AgO2. The van der Waals surface area contributed by atoms with Gasteiger partial charge in [-0.2, -0.15) is 0 Å². The molecule has 12 heavy (non-hydrogen) atoms. The summed E-state index contributed by atoms with van der Waals surface area (Å²) in [7, 11) is 0. The van der Waals surface area contributed by atoms with Crippen molar-refractivity contribution in [2.24, 2.45) is 0 Å². The molecule has 0 aliphatic rings. The first-order chi connectivity index (χ1) is 5.29. The van der Waals surface area contributed by atoms with E-state index in [1.807, 2.05) is 30.3 Å². The van der Waals surface area contributed by atoms with E-state index in [0.717, 1.165) is 11.6 Å². The quantitative estimate of drug-likeness (QED) is 0.568. The van der Waals surface area contributed by atoms with Crippen molar-refractivity contribution in [2.45, 2.75) is 0 Å². The minimum atomic E-state index is -1.17. The summed E-state index contributed by atoms with van der Waals surface area (Å²) in [6, 6.07) is 9.19. The van der Waals surface area contributed by atoms with E-state index in [2.05, 4.69) is 0 Å². The first kappa shape index (κ1) is 11.2. The fourth-order valence-corrected chi connectivity index (χ4v) is 0.728. The summed E-state index contributed by atoms with van der Waals surface area (Å²) in [6.45, 7) is 0. The fourth-order valence-electron chi connectivity index (χ4n) is 0.728. The van der Waals surface area contributed by atoms with Crippen LogP contribution >= 0.6 is 0 Å². The van der Waals surface area contributed by atoms with Crippen LogP contribution in [0.15, 0.2) is 36.4 Å². The number of carbonyl (C=O) groups excluding carboxylic acids is 1. The number of rotatable bonds is 2. The summed E-state index contributed by atoms with van der Waals surface area (Å²) in [5, 5.41) is 9.97. The molecule has 0 aliphatic carbocycles. The summed E-state index contributed by atoms with van der Waals surface area (Å²) in [5.41, 5.74) is 0.858. The molecule has 1 aromatic rings. The third-order valence-corrected chi connectivity index (χ3v) is 1.21. The maximum atomic E-state index is 9.97. The van der Waals surface area contributed by atoms with Crippen LogP contribution in [0.1, 0.15) is 5.56 Å². The molecule has 66 valence electrons. The summed E-state index contributed by atoms with van der Waals surface area (Å²) >= 11 is 0. The summed E-state index contributed by atoms with van der Waals surface area (Å²) in [6.07, 6.45) is 2.50. The van der Waals surface area contributed by atoms with E-state index in [1.54, 1.807) is 0 Å². The van der Waals surface area contributed by atoms with Gasteiger partial charge in [0.15, 0.2) is 0 Å². The van der Waals surface area contributed by atoms with Gasteiger partial charge in [0.05, 0.1) is 5.97 Å². The average Bonchev–Trinajstić information content (AvgIpc) is 2.03. The van der Waals surface area contributed by atoms with Gasteiger partial charge in [0.2, 0.25) is 0 Å². The van der Waals surface area contributed by atoms with Crippen molar-refractivity contribution in [3.8, 4) is 0 Å². The Labute approximate surface area is 86.4 Å². The number of aliphatic carboxylic acids is 1. The van der Waals surface area contributed by atoms with Crippen molar-refractivity contribution in [3.05, 3.63) is 42.0 Å². The van der Waals surface area contributed by atoms with Gasteiger partial charge in [-0.1, -0.05) is 36.4 Å². The number of carboxylic acids is 1. The second-order valence-electron chi connectivity index (χ2n) is 2.06. The molecule has 1 rings (SSSR count). The Morgan fingerprint density at radius 1 is 1.25 bits per heavy atom. The third kappa shape index (κ3) is 4.13. The van der Waals surface area contributed by atoms with Crippen molar-refractivity contribution in [1.82, 2.24) is 0 Å². The molecule has 0 radical (unpaired) electrons. The predicted octanol–water partition coefficient (Wildman–Crippen LogP) is 0.447. The number of carboxylic acid groups (broad SMARTS) is 1. The first-order valence-corrected chi connectivity index (χ1v) is 3.23. The molecule has 0 bridgehead atoms. The van der Waals surface area contributed by atoms with Gasteiger partial charge in [0, 0.05) is 0 Å². The minimum Gasteiger partial charge on any atom is -0.545 e. The molecule has 0 amide bonds. The molecule has 0 atom stereocenters. The fraction of sp³-hybridized carbons (Fsp3) is 0. The van der Waals surface area contributed by atoms with E-state index in [9.17, 15) is 9.90 Å². The van der Waals surface area contributed by atoms with Crippen LogP contribution < -0.4 is 5.11 Å². The Morgan fingerprint density at radius 2 is 1.83 bits per heavy atom. The number of hydrogen-bond donors (Lipinski definition) is 0. The number of carbonyl (C=O) groups is 1. The van der Waals surface area contributed by atoms with E-state index in [0.29, 0.717) is 0 Å². The molecule has 0 N–H and O–H groups in total. The van der Waals surface area contributed by atoms with Gasteiger partial charge in [-0.15, -0.1) is 0 Å². The Balaban J connectivity index is 0.00000121. The zero-order valence-electron chi connectivity index (χ0n) is 6.16. The Morgan fingerprint density at radius 3 is 2.33 bits per heavy atom. The molecule has 0 aliphatic heterocycles. The van der Waals surface area contributed by atoms with Crippen LogP contribution in [0.4, 0.5) is 0 Å². The number of hydrogen-bond acceptors (Lipinski definition) is 2. The number of benzene rings is 1. The van der Waals surface area contributed by atoms with Crippen molar-refractivity contribution in [3.63, 3.8) is 0 Å². The van der Waals surface area contributed by atoms with E-state index < -0.39 is 5.97 Å². The van der Waals surface area contributed by atoms with Gasteiger partial charge in [0.25, 0.3) is 0 Å². The van der Waals surface area contributed by atoms with Crippen LogP contribution in [0, 0.1) is 0 Å². The van der Waals surface area contributed by atoms with Crippen LogP contribution in [0.2, 0.25) is 0 Å². The summed E-state index contributed by atoms with van der Waals surface area (Å²) < 4.78 is 0. The monoisotopic (exact) mass is 254 g/mol. The normalized spacial score (nSPS) is 9.33. The van der Waals surface area contributed by atoms with Gasteiger partial charge in [-0.05, 0) is 11.6 Å². The molecule has 0 saturated carbocycles. The van der Waals surface area contributed by atoms with Gasteiger partial charge < -0.3 is 9.90 Å². The van der Waals surface area contributed by atoms with E-state index in [-0.39, 0.29) is 22.4 Å². The zero-order valence-corrected chi connectivity index (χ0v) is 7.64. The molecule has 0 heterocycles. The van der Waals surface area contributed by atoms with Gasteiger partial charge in [0.1, 0.15) is 0 Å². The summed E-state index contributed by atoms with van der Waals surface area (Å²) in [5.74, 6) is -1.17. The molecule has 0 saturated heterocycles. The standard InChI is InChI=1S/C9H8O2.Ag/c10-9(11)7-6-8-4-2-1-3-5-8;/h1-7H,(H,10,11);/q;+1/p-1. The maximum absolute atomic E-state index is 9.97. The SMILES string of the molecule is O=C([O-])C=Cc1ccccc1.[Ag+]. The van der Waals surface area contributed by atoms with E-state index in [1.165, 1.54) is 6.08 Å². The molecule has 3 heteroatoms.